The molecule has 0 saturated heterocycles. The molecular weight excluding hydrogens is 262 g/mol. The molecular formula is C15H16ClNS. The number of hydrogen-bond donors (Lipinski definition) is 1. The molecule has 0 amide bonds. The van der Waals surface area contributed by atoms with Gasteiger partial charge in [0.1, 0.15) is 0 Å². The lowest BCUT2D eigenvalue weighted by Crippen LogP contribution is -2.25. The summed E-state index contributed by atoms with van der Waals surface area (Å²) in [4.78, 5) is 1.47. The van der Waals surface area contributed by atoms with E-state index in [9.17, 15) is 0 Å². The van der Waals surface area contributed by atoms with Gasteiger partial charge in [-0.3, -0.25) is 0 Å². The van der Waals surface area contributed by atoms with Crippen LogP contribution in [0.25, 0.3) is 0 Å². The van der Waals surface area contributed by atoms with E-state index in [4.69, 9.17) is 11.6 Å². The molecule has 0 fully saturated rings. The summed E-state index contributed by atoms with van der Waals surface area (Å²) in [6.07, 6.45) is 2.23. The van der Waals surface area contributed by atoms with Crippen molar-refractivity contribution in [1.82, 2.24) is 0 Å². The fraction of sp³-hybridized carbons (Fsp3) is 0.333. The van der Waals surface area contributed by atoms with Gasteiger partial charge in [0.15, 0.2) is 0 Å². The Morgan fingerprint density at radius 3 is 3.06 bits per heavy atom. The maximum Gasteiger partial charge on any atom is 0.0458 e. The Balaban J connectivity index is 1.82. The first-order valence-corrected chi connectivity index (χ1v) is 7.54. The molecule has 1 aliphatic rings. The van der Waals surface area contributed by atoms with Crippen LogP contribution in [0.2, 0.25) is 5.02 Å². The van der Waals surface area contributed by atoms with Crippen LogP contribution in [-0.4, -0.2) is 6.54 Å². The van der Waals surface area contributed by atoms with Gasteiger partial charge >= 0.3 is 0 Å². The van der Waals surface area contributed by atoms with Crippen LogP contribution in [0.1, 0.15) is 16.0 Å². The second-order valence-electron chi connectivity index (χ2n) is 4.95. The first-order valence-electron chi connectivity index (χ1n) is 6.28. The molecule has 1 aromatic carbocycles. The molecule has 0 spiro atoms. The van der Waals surface area contributed by atoms with Crippen molar-refractivity contribution in [2.75, 3.05) is 11.9 Å². The van der Waals surface area contributed by atoms with E-state index in [0.29, 0.717) is 5.92 Å². The average Bonchev–Trinajstić information content (AvgIpc) is 2.87. The molecule has 1 aliphatic heterocycles. The van der Waals surface area contributed by atoms with Crippen molar-refractivity contribution in [3.63, 3.8) is 0 Å². The summed E-state index contributed by atoms with van der Waals surface area (Å²) in [7, 11) is 0. The highest BCUT2D eigenvalue weighted by atomic mass is 35.5. The van der Waals surface area contributed by atoms with Crippen molar-refractivity contribution in [1.29, 1.82) is 0 Å². The second kappa shape index (κ2) is 4.94. The Morgan fingerprint density at radius 1 is 1.39 bits per heavy atom. The SMILES string of the molecule is Cc1ccc(Cl)c2c1NCC(Cc1cccs1)C2. The van der Waals surface area contributed by atoms with Crippen LogP contribution in [0.5, 0.6) is 0 Å². The quantitative estimate of drug-likeness (QED) is 0.850. The third-order valence-electron chi connectivity index (χ3n) is 3.59. The van der Waals surface area contributed by atoms with Crippen molar-refractivity contribution in [2.24, 2.45) is 5.92 Å². The van der Waals surface area contributed by atoms with Crippen LogP contribution in [0.4, 0.5) is 5.69 Å². The molecule has 2 heterocycles. The highest BCUT2D eigenvalue weighted by Crippen LogP contribution is 2.34. The van der Waals surface area contributed by atoms with Gasteiger partial charge < -0.3 is 5.32 Å². The number of anilines is 1. The highest BCUT2D eigenvalue weighted by Gasteiger charge is 2.22. The van der Waals surface area contributed by atoms with Crippen LogP contribution in [0, 0.1) is 12.8 Å². The molecule has 18 heavy (non-hydrogen) atoms. The van der Waals surface area contributed by atoms with Gasteiger partial charge in [-0.1, -0.05) is 23.7 Å². The van der Waals surface area contributed by atoms with E-state index in [2.05, 4.69) is 35.8 Å². The van der Waals surface area contributed by atoms with Gasteiger partial charge in [-0.05, 0) is 54.3 Å². The first kappa shape index (κ1) is 12.1. The second-order valence-corrected chi connectivity index (χ2v) is 6.39. The number of rotatable bonds is 2. The molecule has 1 aromatic heterocycles. The number of thiophene rings is 1. The minimum absolute atomic E-state index is 0.649. The lowest BCUT2D eigenvalue weighted by molar-refractivity contribution is 0.539. The molecule has 1 unspecified atom stereocenters. The number of halogens is 1. The van der Waals surface area contributed by atoms with Crippen LogP contribution in [0.15, 0.2) is 29.6 Å². The van der Waals surface area contributed by atoms with E-state index in [1.165, 1.54) is 21.7 Å². The first-order chi connectivity index (χ1) is 8.74. The summed E-state index contributed by atoms with van der Waals surface area (Å²) in [5.74, 6) is 0.649. The minimum Gasteiger partial charge on any atom is -0.384 e. The molecule has 3 rings (SSSR count). The van der Waals surface area contributed by atoms with Gasteiger partial charge in [-0.15, -0.1) is 11.3 Å². The Hall–Kier alpha value is -0.990. The van der Waals surface area contributed by atoms with Crippen molar-refractivity contribution < 1.29 is 0 Å². The summed E-state index contributed by atoms with van der Waals surface area (Å²) in [6.45, 7) is 3.19. The predicted molar refractivity (Wildman–Crippen MR) is 79.9 cm³/mol. The molecule has 94 valence electrons. The van der Waals surface area contributed by atoms with E-state index in [-0.39, 0.29) is 0 Å². The van der Waals surface area contributed by atoms with E-state index < -0.39 is 0 Å². The Bertz CT molecular complexity index is 548. The van der Waals surface area contributed by atoms with Gasteiger partial charge in [-0.25, -0.2) is 0 Å². The average molecular weight is 278 g/mol. The largest absolute Gasteiger partial charge is 0.384 e. The van der Waals surface area contributed by atoms with E-state index in [1.807, 2.05) is 17.4 Å². The highest BCUT2D eigenvalue weighted by molar-refractivity contribution is 7.09. The molecule has 2 aromatic rings. The minimum atomic E-state index is 0.649. The van der Waals surface area contributed by atoms with Gasteiger partial charge in [0, 0.05) is 22.1 Å². The summed E-state index contributed by atoms with van der Waals surface area (Å²) in [5, 5.41) is 6.61. The number of benzene rings is 1. The number of fused-ring (bicyclic) bond motifs is 1. The third-order valence-corrected chi connectivity index (χ3v) is 4.85. The molecule has 0 aliphatic carbocycles. The standard InChI is InChI=1S/C15H16ClNS/c1-10-4-5-14(16)13-8-11(9-17-15(10)13)7-12-3-2-6-18-12/h2-6,11,17H,7-9H2,1H3. The Kier molecular flexibility index (Phi) is 3.31. The van der Waals surface area contributed by atoms with E-state index in [1.54, 1.807) is 0 Å². The van der Waals surface area contributed by atoms with Crippen LogP contribution in [0.3, 0.4) is 0 Å². The summed E-state index contributed by atoms with van der Waals surface area (Å²) in [5.41, 5.74) is 3.85. The Labute approximate surface area is 117 Å². The zero-order valence-corrected chi connectivity index (χ0v) is 11.9. The zero-order chi connectivity index (χ0) is 12.5. The number of nitrogens with one attached hydrogen (secondary N) is 1. The summed E-state index contributed by atoms with van der Waals surface area (Å²) in [6, 6.07) is 8.46. The molecule has 0 bridgehead atoms. The van der Waals surface area contributed by atoms with Crippen LogP contribution < -0.4 is 5.32 Å². The van der Waals surface area contributed by atoms with Gasteiger partial charge in [-0.2, -0.15) is 0 Å². The van der Waals surface area contributed by atoms with Crippen molar-refractivity contribution in [3.8, 4) is 0 Å². The smallest absolute Gasteiger partial charge is 0.0458 e. The summed E-state index contributed by atoms with van der Waals surface area (Å²) >= 11 is 8.17. The van der Waals surface area contributed by atoms with Crippen LogP contribution >= 0.6 is 22.9 Å². The van der Waals surface area contributed by atoms with Crippen LogP contribution in [-0.2, 0) is 12.8 Å². The van der Waals surface area contributed by atoms with Gasteiger partial charge in [0.25, 0.3) is 0 Å². The third kappa shape index (κ3) is 2.27. The lowest BCUT2D eigenvalue weighted by Gasteiger charge is -2.28. The monoisotopic (exact) mass is 277 g/mol. The maximum absolute atomic E-state index is 6.32. The lowest BCUT2D eigenvalue weighted by atomic mass is 9.89. The van der Waals surface area contributed by atoms with Crippen molar-refractivity contribution in [2.45, 2.75) is 19.8 Å². The Morgan fingerprint density at radius 2 is 2.28 bits per heavy atom. The summed E-state index contributed by atoms with van der Waals surface area (Å²) < 4.78 is 0. The van der Waals surface area contributed by atoms with Gasteiger partial charge in [0.05, 0.1) is 0 Å². The van der Waals surface area contributed by atoms with Crippen molar-refractivity contribution in [3.05, 3.63) is 50.7 Å². The fourth-order valence-corrected chi connectivity index (χ4v) is 3.71. The number of aryl methyl sites for hydroxylation is 1. The number of hydrogen-bond acceptors (Lipinski definition) is 2. The molecule has 0 saturated carbocycles. The molecule has 1 atom stereocenters. The topological polar surface area (TPSA) is 12.0 Å². The predicted octanol–water partition coefficient (Wildman–Crippen LogP) is 4.54. The fourth-order valence-electron chi connectivity index (χ4n) is 2.65. The van der Waals surface area contributed by atoms with E-state index in [0.717, 1.165) is 24.4 Å². The molecule has 0 radical (unpaired) electrons. The zero-order valence-electron chi connectivity index (χ0n) is 10.4. The molecule has 1 N–H and O–H groups in total. The normalized spacial score (nSPS) is 18.2. The van der Waals surface area contributed by atoms with Gasteiger partial charge in [0.2, 0.25) is 0 Å². The van der Waals surface area contributed by atoms with Crippen molar-refractivity contribution >= 4 is 28.6 Å². The molecule has 1 nitrogen and oxygen atoms in total. The maximum atomic E-state index is 6.32. The molecule has 3 heteroatoms. The van der Waals surface area contributed by atoms with E-state index >= 15 is 0 Å².